The van der Waals surface area contributed by atoms with Gasteiger partial charge < -0.3 is 45.6 Å². The SMILES string of the molecule is CCCCCCCCCCCCCC[C@@H](O)[C@@H](O)[C@H](CO[C@H]1O[C@H](CNC(=O)Cc2ccccc2C)[C@H](O)[C@H](O)[C@H]1O)NC(=O)CCCCCCCCCCc1ccc(F)c(F)c1. The van der Waals surface area contributed by atoms with E-state index in [0.29, 0.717) is 25.7 Å². The molecular formula is C50H80F2N2O9. The van der Waals surface area contributed by atoms with Crippen molar-refractivity contribution in [1.82, 2.24) is 10.6 Å². The largest absolute Gasteiger partial charge is 0.390 e. The minimum Gasteiger partial charge on any atom is -0.390 e. The van der Waals surface area contributed by atoms with Gasteiger partial charge in [-0.2, -0.15) is 0 Å². The number of rotatable bonds is 34. The number of benzene rings is 2. The summed E-state index contributed by atoms with van der Waals surface area (Å²) >= 11 is 0. The molecule has 7 N–H and O–H groups in total. The van der Waals surface area contributed by atoms with E-state index in [1.54, 1.807) is 6.07 Å². The number of carbonyl (C=O) groups excluding carboxylic acids is 2. The van der Waals surface area contributed by atoms with E-state index in [9.17, 15) is 43.9 Å². The first-order valence-electron chi connectivity index (χ1n) is 24.1. The van der Waals surface area contributed by atoms with Gasteiger partial charge in [-0.3, -0.25) is 9.59 Å². The monoisotopic (exact) mass is 891 g/mol. The van der Waals surface area contributed by atoms with Crippen molar-refractivity contribution in [3.05, 3.63) is 70.8 Å². The van der Waals surface area contributed by atoms with Crippen LogP contribution in [0.5, 0.6) is 0 Å². The summed E-state index contributed by atoms with van der Waals surface area (Å²) in [4.78, 5) is 25.9. The van der Waals surface area contributed by atoms with Crippen LogP contribution in [0.3, 0.4) is 0 Å². The van der Waals surface area contributed by atoms with E-state index in [0.717, 1.165) is 87.0 Å². The van der Waals surface area contributed by atoms with Crippen molar-refractivity contribution in [3.8, 4) is 0 Å². The van der Waals surface area contributed by atoms with Crippen LogP contribution < -0.4 is 10.6 Å². The summed E-state index contributed by atoms with van der Waals surface area (Å²) in [5, 5.41) is 60.1. The Labute approximate surface area is 375 Å². The Balaban J connectivity index is 1.45. The van der Waals surface area contributed by atoms with E-state index in [1.807, 2.05) is 31.2 Å². The van der Waals surface area contributed by atoms with Crippen LogP contribution >= 0.6 is 0 Å². The van der Waals surface area contributed by atoms with Crippen LogP contribution in [0.2, 0.25) is 0 Å². The number of unbranched alkanes of at least 4 members (excludes halogenated alkanes) is 18. The normalized spacial score (nSPS) is 20.3. The van der Waals surface area contributed by atoms with Gasteiger partial charge in [0.05, 0.1) is 25.2 Å². The van der Waals surface area contributed by atoms with Gasteiger partial charge in [0.2, 0.25) is 11.8 Å². The van der Waals surface area contributed by atoms with Gasteiger partial charge in [0.15, 0.2) is 17.9 Å². The molecule has 358 valence electrons. The van der Waals surface area contributed by atoms with E-state index >= 15 is 0 Å². The van der Waals surface area contributed by atoms with Crippen molar-refractivity contribution >= 4 is 11.8 Å². The lowest BCUT2D eigenvalue weighted by atomic mass is 9.98. The zero-order valence-electron chi connectivity index (χ0n) is 38.2. The maximum Gasteiger partial charge on any atom is 0.224 e. The Kier molecular flexibility index (Phi) is 27.4. The average Bonchev–Trinajstić information content (AvgIpc) is 3.27. The first-order chi connectivity index (χ1) is 30.4. The molecule has 0 bridgehead atoms. The fraction of sp³-hybridized carbons (Fsp3) is 0.720. The van der Waals surface area contributed by atoms with Crippen LogP contribution in [0, 0.1) is 18.6 Å². The van der Waals surface area contributed by atoms with Gasteiger partial charge in [-0.15, -0.1) is 0 Å². The van der Waals surface area contributed by atoms with Crippen LogP contribution in [0.15, 0.2) is 42.5 Å². The Bertz CT molecular complexity index is 1550. The molecule has 2 aromatic carbocycles. The third-order valence-corrected chi connectivity index (χ3v) is 12.3. The summed E-state index contributed by atoms with van der Waals surface area (Å²) < 4.78 is 38.3. The van der Waals surface area contributed by atoms with Crippen LogP contribution in [0.25, 0.3) is 0 Å². The molecule has 0 aliphatic carbocycles. The van der Waals surface area contributed by atoms with Gasteiger partial charge in [0.1, 0.15) is 30.5 Å². The smallest absolute Gasteiger partial charge is 0.224 e. The summed E-state index contributed by atoms with van der Waals surface area (Å²) in [7, 11) is 0. The van der Waals surface area contributed by atoms with Crippen molar-refractivity contribution in [1.29, 1.82) is 0 Å². The van der Waals surface area contributed by atoms with Crippen LogP contribution in [-0.4, -0.2) is 99.5 Å². The molecule has 1 saturated heterocycles. The summed E-state index contributed by atoms with van der Waals surface area (Å²) in [5.41, 5.74) is 2.59. The van der Waals surface area contributed by atoms with E-state index in [2.05, 4.69) is 17.6 Å². The first-order valence-corrected chi connectivity index (χ1v) is 24.1. The number of aliphatic hydroxyl groups is 5. The number of aliphatic hydroxyl groups excluding tert-OH is 5. The lowest BCUT2D eigenvalue weighted by Crippen LogP contribution is -2.61. The number of carbonyl (C=O) groups is 2. The van der Waals surface area contributed by atoms with E-state index in [4.69, 9.17) is 9.47 Å². The highest BCUT2D eigenvalue weighted by molar-refractivity contribution is 5.79. The quantitative estimate of drug-likeness (QED) is 0.0346. The maximum atomic E-state index is 13.4. The van der Waals surface area contributed by atoms with Crippen molar-refractivity contribution in [2.75, 3.05) is 13.2 Å². The van der Waals surface area contributed by atoms with Crippen molar-refractivity contribution in [2.45, 2.75) is 217 Å². The molecule has 0 aromatic heterocycles. The predicted molar refractivity (Wildman–Crippen MR) is 242 cm³/mol. The molecule has 2 aromatic rings. The second-order valence-electron chi connectivity index (χ2n) is 17.7. The number of amides is 2. The van der Waals surface area contributed by atoms with Gasteiger partial charge in [0.25, 0.3) is 0 Å². The lowest BCUT2D eigenvalue weighted by Gasteiger charge is -2.41. The molecule has 13 heteroatoms. The van der Waals surface area contributed by atoms with Gasteiger partial charge in [-0.25, -0.2) is 8.78 Å². The van der Waals surface area contributed by atoms with E-state index < -0.39 is 60.6 Å². The number of ether oxygens (including phenoxy) is 2. The molecule has 2 amide bonds. The van der Waals surface area contributed by atoms with E-state index in [1.165, 1.54) is 57.4 Å². The highest BCUT2D eigenvalue weighted by Gasteiger charge is 2.45. The van der Waals surface area contributed by atoms with Gasteiger partial charge in [0, 0.05) is 13.0 Å². The number of hydrogen-bond donors (Lipinski definition) is 7. The number of halogens is 2. The molecule has 1 aliphatic rings. The molecule has 0 saturated carbocycles. The minimum absolute atomic E-state index is 0.105. The Morgan fingerprint density at radius 2 is 1.30 bits per heavy atom. The highest BCUT2D eigenvalue weighted by atomic mass is 19.2. The zero-order chi connectivity index (χ0) is 45.8. The van der Waals surface area contributed by atoms with E-state index in [-0.39, 0.29) is 37.8 Å². The van der Waals surface area contributed by atoms with Crippen LogP contribution in [-0.2, 0) is 31.9 Å². The number of aryl methyl sites for hydroxylation is 2. The lowest BCUT2D eigenvalue weighted by molar-refractivity contribution is -0.297. The molecule has 0 unspecified atom stereocenters. The molecule has 0 radical (unpaired) electrons. The van der Waals surface area contributed by atoms with Crippen LogP contribution in [0.1, 0.15) is 165 Å². The topological polar surface area (TPSA) is 178 Å². The van der Waals surface area contributed by atoms with Gasteiger partial charge >= 0.3 is 0 Å². The second kappa shape index (κ2) is 31.8. The summed E-state index contributed by atoms with van der Waals surface area (Å²) in [6.07, 6.45) is 12.7. The molecule has 3 rings (SSSR count). The molecule has 1 heterocycles. The molecule has 1 fully saturated rings. The third-order valence-electron chi connectivity index (χ3n) is 12.3. The molecule has 11 nitrogen and oxygen atoms in total. The Hall–Kier alpha value is -3.04. The van der Waals surface area contributed by atoms with Crippen LogP contribution in [0.4, 0.5) is 8.78 Å². The van der Waals surface area contributed by atoms with Crippen molar-refractivity contribution in [2.24, 2.45) is 0 Å². The van der Waals surface area contributed by atoms with Gasteiger partial charge in [-0.05, 0) is 61.4 Å². The zero-order valence-corrected chi connectivity index (χ0v) is 38.2. The fourth-order valence-corrected chi connectivity index (χ4v) is 8.19. The molecule has 0 spiro atoms. The summed E-state index contributed by atoms with van der Waals surface area (Å²) in [6.45, 7) is 3.59. The fourth-order valence-electron chi connectivity index (χ4n) is 8.19. The first kappa shape index (κ1) is 54.3. The number of nitrogens with one attached hydrogen (secondary N) is 2. The predicted octanol–water partition coefficient (Wildman–Crippen LogP) is 7.81. The standard InChI is InChI=1S/C50H80F2N2O9/c1-3-4-5-6-7-8-9-10-11-15-18-21-28-42(55)46(58)41(54-44(56)29-22-19-16-13-12-14-17-20-26-37-30-31-39(51)40(52)32-37)35-62-50-49(61)48(60)47(59)43(63-50)34-53-45(57)33-38-27-24-23-25-36(38)2/h23-25,27,30-32,41-43,46-50,55,58-61H,3-22,26,28-29,33-35H2,1-2H3,(H,53,57)(H,54,56)/t41-,42+,43+,46-,47-,48-,49+,50-/m0/s1. The molecular weight excluding hydrogens is 811 g/mol. The van der Waals surface area contributed by atoms with Gasteiger partial charge in [-0.1, -0.05) is 153 Å². The van der Waals surface area contributed by atoms with Crippen molar-refractivity contribution < 1.29 is 53.4 Å². The maximum absolute atomic E-state index is 13.4. The molecule has 1 aliphatic heterocycles. The third kappa shape index (κ3) is 21.7. The summed E-state index contributed by atoms with van der Waals surface area (Å²) in [5.74, 6) is -2.30. The van der Waals surface area contributed by atoms with Crippen molar-refractivity contribution in [3.63, 3.8) is 0 Å². The Morgan fingerprint density at radius 1 is 0.714 bits per heavy atom. The minimum atomic E-state index is -1.67. The number of hydrogen-bond acceptors (Lipinski definition) is 9. The average molecular weight is 891 g/mol. The highest BCUT2D eigenvalue weighted by Crippen LogP contribution is 2.24. The molecule has 63 heavy (non-hydrogen) atoms. The Morgan fingerprint density at radius 3 is 1.92 bits per heavy atom. The second-order valence-corrected chi connectivity index (χ2v) is 17.7. The molecule has 8 atom stereocenters. The summed E-state index contributed by atoms with van der Waals surface area (Å²) in [6, 6.07) is 10.4.